The Kier molecular flexibility index (Phi) is 6.55. The van der Waals surface area contributed by atoms with Crippen LogP contribution in [0.5, 0.6) is 0 Å². The number of aryl methyl sites for hydroxylation is 3. The molecule has 1 rings (SSSR count). The van der Waals surface area contributed by atoms with Gasteiger partial charge in [-0.1, -0.05) is 28.4 Å². The molecule has 0 heterocycles. The van der Waals surface area contributed by atoms with E-state index in [1.165, 1.54) is 46.8 Å². The molecule has 1 nitrogen and oxygen atoms in total. The Labute approximate surface area is 127 Å². The second-order valence-corrected chi connectivity index (χ2v) is 7.37. The first-order valence-corrected chi connectivity index (χ1v) is 8.09. The minimum Gasteiger partial charge on any atom is -0.312 e. The van der Waals surface area contributed by atoms with Crippen LogP contribution in [-0.2, 0) is 6.42 Å². The van der Waals surface area contributed by atoms with E-state index in [1.807, 2.05) is 0 Å². The van der Waals surface area contributed by atoms with Gasteiger partial charge in [-0.15, -0.1) is 0 Å². The monoisotopic (exact) mass is 325 g/mol. The van der Waals surface area contributed by atoms with Crippen molar-refractivity contribution >= 4 is 15.9 Å². The smallest absolute Gasteiger partial charge is 0.0207 e. The van der Waals surface area contributed by atoms with E-state index in [0.29, 0.717) is 0 Å². The normalized spacial score (nSPS) is 11.9. The maximum atomic E-state index is 3.59. The standard InChI is InChI=1S/C17H28BrN/c1-13-12-16(18)14(2)11-15(13)9-7-6-8-10-19-17(3,4)5/h11-12,19H,6-10H2,1-5H3. The zero-order chi connectivity index (χ0) is 14.5. The lowest BCUT2D eigenvalue weighted by atomic mass is 10.00. The predicted octanol–water partition coefficient (Wildman–Crippen LogP) is 5.17. The molecule has 108 valence electrons. The number of hydrogen-bond donors (Lipinski definition) is 1. The van der Waals surface area contributed by atoms with Gasteiger partial charge in [0.2, 0.25) is 0 Å². The minimum atomic E-state index is 0.249. The maximum Gasteiger partial charge on any atom is 0.0207 e. The molecular formula is C17H28BrN. The van der Waals surface area contributed by atoms with Crippen LogP contribution in [0.25, 0.3) is 0 Å². The molecule has 1 aromatic rings. The molecule has 0 aliphatic heterocycles. The van der Waals surface area contributed by atoms with Crippen LogP contribution in [0.15, 0.2) is 16.6 Å². The zero-order valence-electron chi connectivity index (χ0n) is 13.1. The fourth-order valence-corrected chi connectivity index (χ4v) is 2.65. The third-order valence-corrected chi connectivity index (χ3v) is 4.25. The van der Waals surface area contributed by atoms with Gasteiger partial charge < -0.3 is 5.32 Å². The van der Waals surface area contributed by atoms with Crippen LogP contribution >= 0.6 is 15.9 Å². The highest BCUT2D eigenvalue weighted by molar-refractivity contribution is 9.10. The molecule has 0 atom stereocenters. The Balaban J connectivity index is 2.28. The molecule has 0 radical (unpaired) electrons. The van der Waals surface area contributed by atoms with E-state index in [-0.39, 0.29) is 5.54 Å². The van der Waals surface area contributed by atoms with Crippen LogP contribution in [0.3, 0.4) is 0 Å². The predicted molar refractivity (Wildman–Crippen MR) is 88.9 cm³/mol. The molecule has 0 aromatic heterocycles. The van der Waals surface area contributed by atoms with Crippen LogP contribution in [-0.4, -0.2) is 12.1 Å². The molecule has 0 bridgehead atoms. The van der Waals surface area contributed by atoms with Crippen molar-refractivity contribution in [2.24, 2.45) is 0 Å². The van der Waals surface area contributed by atoms with Crippen LogP contribution in [0.2, 0.25) is 0 Å². The Hall–Kier alpha value is -0.340. The zero-order valence-corrected chi connectivity index (χ0v) is 14.7. The van der Waals surface area contributed by atoms with Crippen molar-refractivity contribution < 1.29 is 0 Å². The highest BCUT2D eigenvalue weighted by Crippen LogP contribution is 2.22. The van der Waals surface area contributed by atoms with Gasteiger partial charge in [0.05, 0.1) is 0 Å². The van der Waals surface area contributed by atoms with E-state index in [1.54, 1.807) is 0 Å². The summed E-state index contributed by atoms with van der Waals surface area (Å²) < 4.78 is 1.23. The average Bonchev–Trinajstić information content (AvgIpc) is 2.28. The number of rotatable bonds is 6. The fourth-order valence-electron chi connectivity index (χ4n) is 2.19. The van der Waals surface area contributed by atoms with Gasteiger partial charge in [-0.25, -0.2) is 0 Å². The van der Waals surface area contributed by atoms with Gasteiger partial charge in [-0.05, 0) is 83.2 Å². The molecule has 0 saturated carbocycles. The number of nitrogens with one attached hydrogen (secondary N) is 1. The number of halogens is 1. The summed E-state index contributed by atoms with van der Waals surface area (Å²) in [6.45, 7) is 12.2. The van der Waals surface area contributed by atoms with Crippen LogP contribution in [0.1, 0.15) is 56.7 Å². The fraction of sp³-hybridized carbons (Fsp3) is 0.647. The lowest BCUT2D eigenvalue weighted by Crippen LogP contribution is -2.36. The van der Waals surface area contributed by atoms with Crippen molar-refractivity contribution in [3.8, 4) is 0 Å². The maximum absolute atomic E-state index is 3.59. The summed E-state index contributed by atoms with van der Waals surface area (Å²) in [7, 11) is 0. The van der Waals surface area contributed by atoms with Crippen molar-refractivity contribution in [1.82, 2.24) is 5.32 Å². The summed E-state index contributed by atoms with van der Waals surface area (Å²) in [6, 6.07) is 4.57. The van der Waals surface area contributed by atoms with Crippen LogP contribution in [0, 0.1) is 13.8 Å². The lowest BCUT2D eigenvalue weighted by Gasteiger charge is -2.20. The number of benzene rings is 1. The van der Waals surface area contributed by atoms with Gasteiger partial charge in [-0.2, -0.15) is 0 Å². The minimum absolute atomic E-state index is 0.249. The van der Waals surface area contributed by atoms with E-state index < -0.39 is 0 Å². The van der Waals surface area contributed by atoms with Gasteiger partial charge in [-0.3, -0.25) is 0 Å². The SMILES string of the molecule is Cc1cc(CCCCCNC(C)(C)C)c(C)cc1Br. The summed E-state index contributed by atoms with van der Waals surface area (Å²) in [5, 5.41) is 3.54. The molecular weight excluding hydrogens is 298 g/mol. The quantitative estimate of drug-likeness (QED) is 0.711. The van der Waals surface area contributed by atoms with Crippen molar-refractivity contribution in [1.29, 1.82) is 0 Å². The molecule has 0 spiro atoms. The molecule has 0 saturated heterocycles. The van der Waals surface area contributed by atoms with Crippen molar-refractivity contribution in [3.05, 3.63) is 33.3 Å². The van der Waals surface area contributed by atoms with Gasteiger partial charge in [0.15, 0.2) is 0 Å². The molecule has 0 fully saturated rings. The second-order valence-electron chi connectivity index (χ2n) is 6.52. The van der Waals surface area contributed by atoms with E-state index >= 15 is 0 Å². The highest BCUT2D eigenvalue weighted by Gasteiger charge is 2.07. The summed E-state index contributed by atoms with van der Waals surface area (Å²) >= 11 is 3.59. The Bertz CT molecular complexity index is 404. The van der Waals surface area contributed by atoms with Gasteiger partial charge in [0, 0.05) is 10.0 Å². The first kappa shape index (κ1) is 16.7. The van der Waals surface area contributed by atoms with Crippen molar-refractivity contribution in [3.63, 3.8) is 0 Å². The molecule has 19 heavy (non-hydrogen) atoms. The Morgan fingerprint density at radius 2 is 1.68 bits per heavy atom. The summed E-state index contributed by atoms with van der Waals surface area (Å²) in [5.41, 5.74) is 4.50. The van der Waals surface area contributed by atoms with Crippen LogP contribution < -0.4 is 5.32 Å². The molecule has 1 aromatic carbocycles. The highest BCUT2D eigenvalue weighted by atomic mass is 79.9. The van der Waals surface area contributed by atoms with Crippen molar-refractivity contribution in [2.45, 2.75) is 65.8 Å². The van der Waals surface area contributed by atoms with Gasteiger partial charge >= 0.3 is 0 Å². The lowest BCUT2D eigenvalue weighted by molar-refractivity contribution is 0.417. The summed E-state index contributed by atoms with van der Waals surface area (Å²) in [5.74, 6) is 0. The largest absolute Gasteiger partial charge is 0.312 e. The second kappa shape index (κ2) is 7.44. The molecule has 2 heteroatoms. The van der Waals surface area contributed by atoms with E-state index in [4.69, 9.17) is 0 Å². The van der Waals surface area contributed by atoms with Gasteiger partial charge in [0.1, 0.15) is 0 Å². The van der Waals surface area contributed by atoms with E-state index in [9.17, 15) is 0 Å². The van der Waals surface area contributed by atoms with Crippen molar-refractivity contribution in [2.75, 3.05) is 6.54 Å². The third-order valence-electron chi connectivity index (χ3n) is 3.40. The Morgan fingerprint density at radius 3 is 2.32 bits per heavy atom. The topological polar surface area (TPSA) is 12.0 Å². The van der Waals surface area contributed by atoms with E-state index in [2.05, 4.69) is 68.0 Å². The Morgan fingerprint density at radius 1 is 1.00 bits per heavy atom. The molecule has 1 N–H and O–H groups in total. The molecule has 0 unspecified atom stereocenters. The summed E-state index contributed by atoms with van der Waals surface area (Å²) in [4.78, 5) is 0. The third kappa shape index (κ3) is 6.58. The summed E-state index contributed by atoms with van der Waals surface area (Å²) in [6.07, 6.45) is 5.06. The molecule has 0 amide bonds. The van der Waals surface area contributed by atoms with Crippen LogP contribution in [0.4, 0.5) is 0 Å². The number of hydrogen-bond acceptors (Lipinski definition) is 1. The van der Waals surface area contributed by atoms with Gasteiger partial charge in [0.25, 0.3) is 0 Å². The molecule has 0 aliphatic rings. The average molecular weight is 326 g/mol. The first-order chi connectivity index (χ1) is 8.79. The first-order valence-electron chi connectivity index (χ1n) is 7.30. The number of unbranched alkanes of at least 4 members (excludes halogenated alkanes) is 2. The van der Waals surface area contributed by atoms with E-state index in [0.717, 1.165) is 6.54 Å². The molecule has 0 aliphatic carbocycles.